The van der Waals surface area contributed by atoms with Gasteiger partial charge in [0.05, 0.1) is 11.3 Å². The molecule has 0 aliphatic carbocycles. The van der Waals surface area contributed by atoms with E-state index in [-0.39, 0.29) is 0 Å². The minimum Gasteiger partial charge on any atom is -0.489 e. The number of aliphatic imine (C=N–C) groups is 1. The molecule has 0 N–H and O–H groups in total. The highest BCUT2D eigenvalue weighted by molar-refractivity contribution is 5.82. The van der Waals surface area contributed by atoms with Crippen molar-refractivity contribution in [2.75, 3.05) is 0 Å². The van der Waals surface area contributed by atoms with Gasteiger partial charge in [-0.15, -0.1) is 0 Å². The Morgan fingerprint density at radius 1 is 0.875 bits per heavy atom. The predicted molar refractivity (Wildman–Crippen MR) is 95.6 cm³/mol. The van der Waals surface area contributed by atoms with Crippen LogP contribution in [0.4, 0.5) is 5.69 Å². The SMILES string of the molecule is N#Cc1ccccc1N=Cc1ccc(OCc2ccccc2)cc1. The Balaban J connectivity index is 1.64. The Morgan fingerprint density at radius 2 is 1.58 bits per heavy atom. The van der Waals surface area contributed by atoms with Gasteiger partial charge in [0.2, 0.25) is 0 Å². The molecule has 0 saturated carbocycles. The lowest BCUT2D eigenvalue weighted by molar-refractivity contribution is 0.306. The zero-order valence-electron chi connectivity index (χ0n) is 13.1. The topological polar surface area (TPSA) is 45.4 Å². The van der Waals surface area contributed by atoms with E-state index in [9.17, 15) is 0 Å². The number of nitrogens with zero attached hydrogens (tertiary/aromatic N) is 2. The van der Waals surface area contributed by atoms with Gasteiger partial charge in [0.15, 0.2) is 0 Å². The van der Waals surface area contributed by atoms with Crippen LogP contribution in [0.2, 0.25) is 0 Å². The quantitative estimate of drug-likeness (QED) is 0.630. The molecule has 0 atom stereocenters. The molecule has 0 bridgehead atoms. The fourth-order valence-electron chi connectivity index (χ4n) is 2.22. The number of nitriles is 1. The summed E-state index contributed by atoms with van der Waals surface area (Å²) in [6, 6.07) is 27.2. The molecule has 3 aromatic rings. The van der Waals surface area contributed by atoms with Crippen molar-refractivity contribution >= 4 is 11.9 Å². The normalized spacial score (nSPS) is 10.5. The monoisotopic (exact) mass is 312 g/mol. The third-order valence-electron chi connectivity index (χ3n) is 3.51. The molecule has 116 valence electrons. The van der Waals surface area contributed by atoms with Crippen molar-refractivity contribution in [3.8, 4) is 11.8 Å². The van der Waals surface area contributed by atoms with Gasteiger partial charge in [-0.25, -0.2) is 0 Å². The summed E-state index contributed by atoms with van der Waals surface area (Å²) in [5.41, 5.74) is 3.33. The summed E-state index contributed by atoms with van der Waals surface area (Å²) in [5.74, 6) is 0.813. The third kappa shape index (κ3) is 4.08. The van der Waals surface area contributed by atoms with Crippen LogP contribution >= 0.6 is 0 Å². The van der Waals surface area contributed by atoms with Crippen LogP contribution in [-0.2, 0) is 6.61 Å². The summed E-state index contributed by atoms with van der Waals surface area (Å²) >= 11 is 0. The minimum atomic E-state index is 0.545. The van der Waals surface area contributed by atoms with Crippen molar-refractivity contribution in [1.29, 1.82) is 5.26 Å². The number of para-hydroxylation sites is 1. The Bertz CT molecular complexity index is 862. The van der Waals surface area contributed by atoms with E-state index in [4.69, 9.17) is 10.00 Å². The Kier molecular flexibility index (Phi) is 5.01. The molecule has 24 heavy (non-hydrogen) atoms. The molecule has 0 unspecified atom stereocenters. The molecule has 3 nitrogen and oxygen atoms in total. The van der Waals surface area contributed by atoms with E-state index < -0.39 is 0 Å². The van der Waals surface area contributed by atoms with Gasteiger partial charge in [-0.05, 0) is 47.5 Å². The lowest BCUT2D eigenvalue weighted by atomic mass is 10.2. The number of benzene rings is 3. The standard InChI is InChI=1S/C21H16N2O/c22-14-19-8-4-5-9-21(19)23-15-17-10-12-20(13-11-17)24-16-18-6-2-1-3-7-18/h1-13,15H,16H2. The number of ether oxygens (including phenoxy) is 1. The van der Waals surface area contributed by atoms with E-state index in [0.717, 1.165) is 16.9 Å². The lowest BCUT2D eigenvalue weighted by Crippen LogP contribution is -1.95. The van der Waals surface area contributed by atoms with Crippen LogP contribution in [0.25, 0.3) is 0 Å². The zero-order valence-corrected chi connectivity index (χ0v) is 13.1. The Labute approximate surface area is 141 Å². The smallest absolute Gasteiger partial charge is 0.119 e. The van der Waals surface area contributed by atoms with E-state index in [1.807, 2.05) is 72.8 Å². The van der Waals surface area contributed by atoms with E-state index in [2.05, 4.69) is 11.1 Å². The molecule has 3 aromatic carbocycles. The first-order valence-corrected chi connectivity index (χ1v) is 7.65. The zero-order chi connectivity index (χ0) is 16.6. The van der Waals surface area contributed by atoms with Crippen LogP contribution < -0.4 is 4.74 Å². The van der Waals surface area contributed by atoms with Gasteiger partial charge < -0.3 is 4.74 Å². The summed E-state index contributed by atoms with van der Waals surface area (Å²) < 4.78 is 5.76. The summed E-state index contributed by atoms with van der Waals surface area (Å²) in [4.78, 5) is 4.38. The van der Waals surface area contributed by atoms with E-state index >= 15 is 0 Å². The van der Waals surface area contributed by atoms with Gasteiger partial charge in [0, 0.05) is 6.21 Å². The molecule has 0 heterocycles. The molecular formula is C21H16N2O. The molecule has 0 radical (unpaired) electrons. The van der Waals surface area contributed by atoms with Crippen molar-refractivity contribution in [1.82, 2.24) is 0 Å². The van der Waals surface area contributed by atoms with Crippen molar-refractivity contribution < 1.29 is 4.74 Å². The van der Waals surface area contributed by atoms with Crippen LogP contribution in [0.15, 0.2) is 83.9 Å². The summed E-state index contributed by atoms with van der Waals surface area (Å²) in [7, 11) is 0. The molecule has 0 aliphatic heterocycles. The van der Waals surface area contributed by atoms with Crippen LogP contribution in [-0.4, -0.2) is 6.21 Å². The van der Waals surface area contributed by atoms with Crippen molar-refractivity contribution in [2.45, 2.75) is 6.61 Å². The second-order valence-corrected chi connectivity index (χ2v) is 5.23. The first kappa shape index (κ1) is 15.5. The largest absolute Gasteiger partial charge is 0.489 e. The highest BCUT2D eigenvalue weighted by atomic mass is 16.5. The van der Waals surface area contributed by atoms with E-state index in [1.54, 1.807) is 12.3 Å². The maximum atomic E-state index is 9.06. The Hall–Kier alpha value is -3.38. The molecule has 0 aromatic heterocycles. The molecule has 0 aliphatic rings. The van der Waals surface area contributed by atoms with Gasteiger partial charge in [-0.3, -0.25) is 4.99 Å². The lowest BCUT2D eigenvalue weighted by Gasteiger charge is -2.06. The minimum absolute atomic E-state index is 0.545. The maximum Gasteiger partial charge on any atom is 0.119 e. The number of hydrogen-bond donors (Lipinski definition) is 0. The average molecular weight is 312 g/mol. The van der Waals surface area contributed by atoms with Crippen LogP contribution in [0, 0.1) is 11.3 Å². The second kappa shape index (κ2) is 7.75. The van der Waals surface area contributed by atoms with Gasteiger partial charge in [-0.1, -0.05) is 42.5 Å². The van der Waals surface area contributed by atoms with Crippen molar-refractivity contribution in [3.63, 3.8) is 0 Å². The molecule has 3 heteroatoms. The molecular weight excluding hydrogens is 296 g/mol. The second-order valence-electron chi connectivity index (χ2n) is 5.23. The van der Waals surface area contributed by atoms with Gasteiger partial charge >= 0.3 is 0 Å². The van der Waals surface area contributed by atoms with Crippen LogP contribution in [0.5, 0.6) is 5.75 Å². The molecule has 0 saturated heterocycles. The van der Waals surface area contributed by atoms with E-state index in [1.165, 1.54) is 0 Å². The van der Waals surface area contributed by atoms with Gasteiger partial charge in [0.1, 0.15) is 18.4 Å². The summed E-state index contributed by atoms with van der Waals surface area (Å²) in [6.45, 7) is 0.545. The van der Waals surface area contributed by atoms with Crippen LogP contribution in [0.1, 0.15) is 16.7 Å². The molecule has 0 amide bonds. The molecule has 0 spiro atoms. The maximum absolute atomic E-state index is 9.06. The first-order valence-electron chi connectivity index (χ1n) is 7.65. The van der Waals surface area contributed by atoms with Crippen molar-refractivity contribution in [3.05, 3.63) is 95.6 Å². The molecule has 0 fully saturated rings. The summed E-state index contributed by atoms with van der Waals surface area (Å²) in [6.07, 6.45) is 1.75. The van der Waals surface area contributed by atoms with Crippen molar-refractivity contribution in [2.24, 2.45) is 4.99 Å². The van der Waals surface area contributed by atoms with E-state index in [0.29, 0.717) is 17.9 Å². The highest BCUT2D eigenvalue weighted by Crippen LogP contribution is 2.18. The predicted octanol–water partition coefficient (Wildman–Crippen LogP) is 4.89. The van der Waals surface area contributed by atoms with Crippen LogP contribution in [0.3, 0.4) is 0 Å². The fourth-order valence-corrected chi connectivity index (χ4v) is 2.22. The van der Waals surface area contributed by atoms with Gasteiger partial charge in [-0.2, -0.15) is 5.26 Å². The highest BCUT2D eigenvalue weighted by Gasteiger charge is 1.98. The Morgan fingerprint density at radius 3 is 2.33 bits per heavy atom. The first-order chi connectivity index (χ1) is 11.8. The summed E-state index contributed by atoms with van der Waals surface area (Å²) in [5, 5.41) is 9.06. The average Bonchev–Trinajstić information content (AvgIpc) is 2.66. The molecule has 3 rings (SSSR count). The third-order valence-corrected chi connectivity index (χ3v) is 3.51. The fraction of sp³-hybridized carbons (Fsp3) is 0.0476. The number of rotatable bonds is 5. The number of hydrogen-bond acceptors (Lipinski definition) is 3. The van der Waals surface area contributed by atoms with Gasteiger partial charge in [0.25, 0.3) is 0 Å².